The number of oxazole rings is 1. The molecule has 0 amide bonds. The maximum Gasteiger partial charge on any atom is 0.298 e. The summed E-state index contributed by atoms with van der Waals surface area (Å²) >= 11 is 0. The lowest BCUT2D eigenvalue weighted by molar-refractivity contribution is 0.0754. The van der Waals surface area contributed by atoms with E-state index in [1.54, 1.807) is 12.1 Å². The summed E-state index contributed by atoms with van der Waals surface area (Å²) < 4.78 is 25.3. The summed E-state index contributed by atoms with van der Waals surface area (Å²) in [5.41, 5.74) is 0.836. The number of hydrogen-bond acceptors (Lipinski definition) is 5. The topological polar surface area (TPSA) is 41.7 Å². The predicted octanol–water partition coefficient (Wildman–Crippen LogP) is 2.66. The fourth-order valence-corrected chi connectivity index (χ4v) is 3.46. The second-order valence-electron chi connectivity index (χ2n) is 6.36. The van der Waals surface area contributed by atoms with Crippen molar-refractivity contribution in [3.8, 4) is 0 Å². The van der Waals surface area contributed by atoms with Gasteiger partial charge in [0.05, 0.1) is 6.10 Å². The van der Waals surface area contributed by atoms with Gasteiger partial charge in [-0.05, 0) is 37.9 Å². The zero-order chi connectivity index (χ0) is 15.6. The molecule has 1 unspecified atom stereocenters. The van der Waals surface area contributed by atoms with Crippen molar-refractivity contribution in [2.24, 2.45) is 0 Å². The van der Waals surface area contributed by atoms with Crippen LogP contribution in [0.2, 0.25) is 0 Å². The summed E-state index contributed by atoms with van der Waals surface area (Å²) in [7, 11) is 0. The Bertz CT molecular complexity index is 669. The van der Waals surface area contributed by atoms with Crippen LogP contribution in [0.3, 0.4) is 0 Å². The number of halogens is 1. The molecule has 5 nitrogen and oxygen atoms in total. The van der Waals surface area contributed by atoms with E-state index in [0.717, 1.165) is 45.8 Å². The van der Waals surface area contributed by atoms with Crippen molar-refractivity contribution in [2.45, 2.75) is 25.4 Å². The minimum atomic E-state index is -0.327. The van der Waals surface area contributed by atoms with E-state index in [1.165, 1.54) is 18.9 Å². The van der Waals surface area contributed by atoms with Crippen LogP contribution in [0.4, 0.5) is 10.4 Å². The van der Waals surface area contributed by atoms with E-state index in [4.69, 9.17) is 9.15 Å². The summed E-state index contributed by atoms with van der Waals surface area (Å²) in [5.74, 6) is -0.327. The van der Waals surface area contributed by atoms with E-state index in [9.17, 15) is 4.39 Å². The van der Waals surface area contributed by atoms with Crippen LogP contribution in [0.25, 0.3) is 11.1 Å². The number of ether oxygens (including phenoxy) is 1. The molecule has 0 aliphatic carbocycles. The lowest BCUT2D eigenvalue weighted by Crippen LogP contribution is -2.35. The number of para-hydroxylation sites is 1. The van der Waals surface area contributed by atoms with Gasteiger partial charge in [-0.3, -0.25) is 4.90 Å². The maximum atomic E-state index is 13.8. The minimum absolute atomic E-state index is 0.322. The zero-order valence-corrected chi connectivity index (χ0v) is 13.2. The Morgan fingerprint density at radius 1 is 1.17 bits per heavy atom. The van der Waals surface area contributed by atoms with Crippen LogP contribution in [0.1, 0.15) is 19.3 Å². The van der Waals surface area contributed by atoms with Crippen LogP contribution >= 0.6 is 0 Å². The van der Waals surface area contributed by atoms with Gasteiger partial charge in [0.25, 0.3) is 6.01 Å². The Hall–Kier alpha value is -1.66. The zero-order valence-electron chi connectivity index (χ0n) is 13.2. The number of nitrogens with zero attached hydrogens (tertiary/aromatic N) is 3. The van der Waals surface area contributed by atoms with Crippen molar-refractivity contribution in [1.82, 2.24) is 9.88 Å². The molecule has 0 bridgehead atoms. The second kappa shape index (κ2) is 6.45. The molecule has 2 saturated heterocycles. The third-order valence-electron chi connectivity index (χ3n) is 4.70. The number of anilines is 1. The maximum absolute atomic E-state index is 13.8. The highest BCUT2D eigenvalue weighted by molar-refractivity contribution is 5.75. The van der Waals surface area contributed by atoms with Crippen LogP contribution in [0.5, 0.6) is 0 Å². The van der Waals surface area contributed by atoms with Gasteiger partial charge >= 0.3 is 0 Å². The quantitative estimate of drug-likeness (QED) is 0.870. The second-order valence-corrected chi connectivity index (χ2v) is 6.36. The molecule has 2 fully saturated rings. The van der Waals surface area contributed by atoms with Gasteiger partial charge in [-0.2, -0.15) is 4.98 Å². The number of hydrogen-bond donors (Lipinski definition) is 0. The Morgan fingerprint density at radius 2 is 2.13 bits per heavy atom. The average Bonchev–Trinajstić information content (AvgIpc) is 3.15. The molecule has 0 radical (unpaired) electrons. The van der Waals surface area contributed by atoms with Gasteiger partial charge < -0.3 is 14.1 Å². The number of benzene rings is 1. The first-order valence-electron chi connectivity index (χ1n) is 8.43. The summed E-state index contributed by atoms with van der Waals surface area (Å²) in [6.07, 6.45) is 3.79. The highest BCUT2D eigenvalue weighted by Crippen LogP contribution is 2.25. The number of rotatable bonds is 3. The predicted molar refractivity (Wildman–Crippen MR) is 86.2 cm³/mol. The van der Waals surface area contributed by atoms with Gasteiger partial charge in [-0.1, -0.05) is 6.07 Å². The Morgan fingerprint density at radius 3 is 2.96 bits per heavy atom. The molecule has 2 aliphatic heterocycles. The average molecular weight is 319 g/mol. The molecule has 23 heavy (non-hydrogen) atoms. The highest BCUT2D eigenvalue weighted by atomic mass is 19.1. The monoisotopic (exact) mass is 319 g/mol. The van der Waals surface area contributed by atoms with E-state index in [2.05, 4.69) is 14.8 Å². The molecule has 1 aromatic carbocycles. The van der Waals surface area contributed by atoms with Gasteiger partial charge in [0.1, 0.15) is 5.52 Å². The van der Waals surface area contributed by atoms with Gasteiger partial charge in [-0.25, -0.2) is 4.39 Å². The fraction of sp³-hybridized carbons (Fsp3) is 0.588. The normalized spacial score (nSPS) is 23.5. The van der Waals surface area contributed by atoms with E-state index >= 15 is 0 Å². The Labute approximate surface area is 135 Å². The molecule has 0 saturated carbocycles. The SMILES string of the molecule is Fc1cccc2oc(N3CCCN(CC4CCCO4)CC3)nc12. The molecule has 6 heteroatoms. The molecule has 124 valence electrons. The molecule has 2 aromatic rings. The first-order valence-corrected chi connectivity index (χ1v) is 8.43. The van der Waals surface area contributed by atoms with E-state index in [1.807, 2.05) is 0 Å². The molecule has 0 N–H and O–H groups in total. The van der Waals surface area contributed by atoms with Crippen LogP contribution in [0.15, 0.2) is 22.6 Å². The van der Waals surface area contributed by atoms with Crippen LogP contribution in [0, 0.1) is 5.82 Å². The molecule has 1 atom stereocenters. The number of aromatic nitrogens is 1. The van der Waals surface area contributed by atoms with Crippen molar-refractivity contribution in [1.29, 1.82) is 0 Å². The van der Waals surface area contributed by atoms with Gasteiger partial charge in [0.15, 0.2) is 11.4 Å². The summed E-state index contributed by atoms with van der Waals surface area (Å²) in [4.78, 5) is 8.92. The first-order chi connectivity index (χ1) is 11.3. The number of fused-ring (bicyclic) bond motifs is 1. The van der Waals surface area contributed by atoms with E-state index in [0.29, 0.717) is 23.2 Å². The van der Waals surface area contributed by atoms with Crippen molar-refractivity contribution in [3.05, 3.63) is 24.0 Å². The third kappa shape index (κ3) is 3.19. The standard InChI is InChI=1S/C17H22FN3O2/c18-14-5-1-6-15-16(14)19-17(23-15)21-8-3-7-20(9-10-21)12-13-4-2-11-22-13/h1,5-6,13H,2-4,7-12H2. The summed E-state index contributed by atoms with van der Waals surface area (Å²) in [5, 5.41) is 0. The lowest BCUT2D eigenvalue weighted by atomic mass is 10.2. The fourth-order valence-electron chi connectivity index (χ4n) is 3.46. The molecule has 4 rings (SSSR count). The van der Waals surface area contributed by atoms with Gasteiger partial charge in [0.2, 0.25) is 0 Å². The molecule has 3 heterocycles. The minimum Gasteiger partial charge on any atom is -0.423 e. The van der Waals surface area contributed by atoms with Crippen molar-refractivity contribution < 1.29 is 13.5 Å². The molecular formula is C17H22FN3O2. The lowest BCUT2D eigenvalue weighted by Gasteiger charge is -2.23. The Kier molecular flexibility index (Phi) is 4.18. The van der Waals surface area contributed by atoms with Crippen molar-refractivity contribution in [2.75, 3.05) is 44.2 Å². The third-order valence-corrected chi connectivity index (χ3v) is 4.70. The van der Waals surface area contributed by atoms with E-state index < -0.39 is 0 Å². The van der Waals surface area contributed by atoms with Crippen molar-refractivity contribution >= 4 is 17.1 Å². The molecule has 0 spiro atoms. The largest absolute Gasteiger partial charge is 0.423 e. The van der Waals surface area contributed by atoms with Gasteiger partial charge in [0, 0.05) is 32.8 Å². The van der Waals surface area contributed by atoms with Crippen LogP contribution in [-0.2, 0) is 4.74 Å². The summed E-state index contributed by atoms with van der Waals surface area (Å²) in [6.45, 7) is 5.67. The summed E-state index contributed by atoms with van der Waals surface area (Å²) in [6, 6.07) is 5.36. The molecule has 1 aromatic heterocycles. The van der Waals surface area contributed by atoms with Crippen LogP contribution in [-0.4, -0.2) is 55.3 Å². The van der Waals surface area contributed by atoms with E-state index in [-0.39, 0.29) is 5.82 Å². The smallest absolute Gasteiger partial charge is 0.298 e. The van der Waals surface area contributed by atoms with Gasteiger partial charge in [-0.15, -0.1) is 0 Å². The molecule has 2 aliphatic rings. The van der Waals surface area contributed by atoms with Crippen molar-refractivity contribution in [3.63, 3.8) is 0 Å². The first kappa shape index (κ1) is 14.9. The van der Waals surface area contributed by atoms with Crippen LogP contribution < -0.4 is 4.90 Å². The molecular weight excluding hydrogens is 297 g/mol. The Balaban J connectivity index is 1.44. The highest BCUT2D eigenvalue weighted by Gasteiger charge is 2.23.